The first-order valence-corrected chi connectivity index (χ1v) is 10.2. The van der Waals surface area contributed by atoms with Gasteiger partial charge in [0.15, 0.2) is 0 Å². The van der Waals surface area contributed by atoms with Crippen LogP contribution >= 0.6 is 0 Å². The van der Waals surface area contributed by atoms with E-state index in [9.17, 15) is 9.59 Å². The van der Waals surface area contributed by atoms with Gasteiger partial charge < -0.3 is 10.6 Å². The number of hydrogen-bond acceptors (Lipinski definition) is 4. The van der Waals surface area contributed by atoms with E-state index in [0.717, 1.165) is 44.8 Å². The minimum atomic E-state index is -0.215. The number of rotatable bonds is 8. The van der Waals surface area contributed by atoms with Gasteiger partial charge in [-0.1, -0.05) is 48.5 Å². The largest absolute Gasteiger partial charge is 0.353 e. The van der Waals surface area contributed by atoms with Crippen LogP contribution in [0.15, 0.2) is 54.6 Å². The molecule has 2 aromatic rings. The fourth-order valence-corrected chi connectivity index (χ4v) is 3.51. The van der Waals surface area contributed by atoms with E-state index in [4.69, 9.17) is 0 Å². The highest BCUT2D eigenvalue weighted by Gasteiger charge is 2.17. The topological polar surface area (TPSA) is 64.7 Å². The van der Waals surface area contributed by atoms with Gasteiger partial charge in [-0.05, 0) is 24.1 Å². The maximum Gasteiger partial charge on any atom is 0.251 e. The summed E-state index contributed by atoms with van der Waals surface area (Å²) in [5.41, 5.74) is 2.85. The van der Waals surface area contributed by atoms with E-state index in [1.165, 1.54) is 5.56 Å². The Labute approximate surface area is 172 Å². The van der Waals surface area contributed by atoms with Gasteiger partial charge in [-0.15, -0.1) is 0 Å². The zero-order chi connectivity index (χ0) is 20.5. The highest BCUT2D eigenvalue weighted by atomic mass is 16.2. The normalized spacial score (nSPS) is 15.1. The predicted octanol–water partition coefficient (Wildman–Crippen LogP) is 1.66. The molecule has 6 nitrogen and oxygen atoms in total. The van der Waals surface area contributed by atoms with Crippen LogP contribution in [0.1, 0.15) is 21.5 Å². The van der Waals surface area contributed by atoms with Crippen LogP contribution in [-0.4, -0.2) is 67.4 Å². The van der Waals surface area contributed by atoms with Crippen molar-refractivity contribution >= 4 is 11.8 Å². The van der Waals surface area contributed by atoms with E-state index < -0.39 is 0 Å². The van der Waals surface area contributed by atoms with Crippen molar-refractivity contribution in [3.8, 4) is 0 Å². The molecule has 0 radical (unpaired) electrons. The lowest BCUT2D eigenvalue weighted by atomic mass is 10.1. The lowest BCUT2D eigenvalue weighted by Crippen LogP contribution is -2.48. The molecular formula is C23H30N4O2. The molecule has 0 bridgehead atoms. The number of nitrogens with one attached hydrogen (secondary N) is 2. The van der Waals surface area contributed by atoms with E-state index in [1.54, 1.807) is 6.07 Å². The molecule has 2 aromatic carbocycles. The van der Waals surface area contributed by atoms with Gasteiger partial charge in [0.25, 0.3) is 5.91 Å². The molecule has 6 heteroatoms. The number of nitrogens with zero attached hydrogens (tertiary/aromatic N) is 2. The van der Waals surface area contributed by atoms with Crippen molar-refractivity contribution in [1.29, 1.82) is 0 Å². The van der Waals surface area contributed by atoms with Crippen LogP contribution in [0.4, 0.5) is 0 Å². The van der Waals surface area contributed by atoms with Crippen LogP contribution in [0.25, 0.3) is 0 Å². The molecule has 2 N–H and O–H groups in total. The Balaban J connectivity index is 1.29. The summed E-state index contributed by atoms with van der Waals surface area (Å²) in [6.45, 7) is 8.39. The molecule has 0 saturated carbocycles. The second-order valence-corrected chi connectivity index (χ2v) is 7.45. The summed E-state index contributed by atoms with van der Waals surface area (Å²) in [5.74, 6) is -0.373. The van der Waals surface area contributed by atoms with Crippen LogP contribution in [0.5, 0.6) is 0 Å². The van der Waals surface area contributed by atoms with Crippen molar-refractivity contribution in [2.45, 2.75) is 13.5 Å². The SMILES string of the molecule is Cc1ccccc1C(=O)NCC(=O)NCCN1CCN(Cc2ccccc2)CC1. The quantitative estimate of drug-likeness (QED) is 0.715. The van der Waals surface area contributed by atoms with Crippen LogP contribution in [0.2, 0.25) is 0 Å². The Morgan fingerprint density at radius 2 is 1.52 bits per heavy atom. The third kappa shape index (κ3) is 6.69. The lowest BCUT2D eigenvalue weighted by molar-refractivity contribution is -0.120. The van der Waals surface area contributed by atoms with Gasteiger partial charge in [0.05, 0.1) is 6.54 Å². The first-order valence-electron chi connectivity index (χ1n) is 10.2. The summed E-state index contributed by atoms with van der Waals surface area (Å²) in [4.78, 5) is 29.0. The molecule has 1 aliphatic rings. The number of hydrogen-bond donors (Lipinski definition) is 2. The Morgan fingerprint density at radius 1 is 0.862 bits per heavy atom. The van der Waals surface area contributed by atoms with E-state index in [0.29, 0.717) is 12.1 Å². The third-order valence-corrected chi connectivity index (χ3v) is 5.26. The molecule has 3 rings (SSSR count). The molecule has 1 fully saturated rings. The van der Waals surface area contributed by atoms with E-state index in [1.807, 2.05) is 31.2 Å². The second kappa shape index (κ2) is 10.7. The van der Waals surface area contributed by atoms with Gasteiger partial charge in [0.1, 0.15) is 0 Å². The standard InChI is InChI=1S/C23H30N4O2/c1-19-7-5-6-10-21(19)23(29)25-17-22(28)24-11-12-26-13-15-27(16-14-26)18-20-8-3-2-4-9-20/h2-10H,11-18H2,1H3,(H,24,28)(H,25,29). The molecule has 0 aliphatic carbocycles. The highest BCUT2D eigenvalue weighted by Crippen LogP contribution is 2.08. The number of benzene rings is 2. The average molecular weight is 395 g/mol. The summed E-state index contributed by atoms with van der Waals surface area (Å²) < 4.78 is 0. The summed E-state index contributed by atoms with van der Waals surface area (Å²) in [6, 6.07) is 17.9. The minimum Gasteiger partial charge on any atom is -0.353 e. The summed E-state index contributed by atoms with van der Waals surface area (Å²) >= 11 is 0. The van der Waals surface area contributed by atoms with E-state index in [-0.39, 0.29) is 18.4 Å². The van der Waals surface area contributed by atoms with Gasteiger partial charge in [0, 0.05) is 51.4 Å². The number of piperazine rings is 1. The lowest BCUT2D eigenvalue weighted by Gasteiger charge is -2.34. The van der Waals surface area contributed by atoms with Crippen LogP contribution in [0.3, 0.4) is 0 Å². The average Bonchev–Trinajstić information content (AvgIpc) is 2.74. The fourth-order valence-electron chi connectivity index (χ4n) is 3.51. The molecular weight excluding hydrogens is 364 g/mol. The second-order valence-electron chi connectivity index (χ2n) is 7.45. The molecule has 0 aromatic heterocycles. The van der Waals surface area contributed by atoms with Gasteiger partial charge in [-0.3, -0.25) is 19.4 Å². The van der Waals surface area contributed by atoms with E-state index >= 15 is 0 Å². The summed E-state index contributed by atoms with van der Waals surface area (Å²) in [5, 5.41) is 5.58. The molecule has 29 heavy (non-hydrogen) atoms. The zero-order valence-electron chi connectivity index (χ0n) is 17.1. The molecule has 1 heterocycles. The number of carbonyl (C=O) groups is 2. The van der Waals surface area contributed by atoms with Crippen molar-refractivity contribution in [2.75, 3.05) is 45.8 Å². The molecule has 154 valence electrons. The number of amides is 2. The monoisotopic (exact) mass is 394 g/mol. The number of aryl methyl sites for hydroxylation is 1. The Bertz CT molecular complexity index is 802. The van der Waals surface area contributed by atoms with Crippen molar-refractivity contribution in [3.63, 3.8) is 0 Å². The van der Waals surface area contributed by atoms with Gasteiger partial charge in [0.2, 0.25) is 5.91 Å². The Hall–Kier alpha value is -2.70. The third-order valence-electron chi connectivity index (χ3n) is 5.26. The van der Waals surface area contributed by atoms with Gasteiger partial charge in [-0.2, -0.15) is 0 Å². The van der Waals surface area contributed by atoms with Gasteiger partial charge >= 0.3 is 0 Å². The zero-order valence-corrected chi connectivity index (χ0v) is 17.1. The minimum absolute atomic E-state index is 0.00196. The van der Waals surface area contributed by atoms with Gasteiger partial charge in [-0.25, -0.2) is 0 Å². The summed E-state index contributed by atoms with van der Waals surface area (Å²) in [6.07, 6.45) is 0. The summed E-state index contributed by atoms with van der Waals surface area (Å²) in [7, 11) is 0. The molecule has 1 aliphatic heterocycles. The molecule has 0 unspecified atom stereocenters. The molecule has 2 amide bonds. The van der Waals surface area contributed by atoms with Crippen molar-refractivity contribution in [3.05, 3.63) is 71.3 Å². The van der Waals surface area contributed by atoms with Crippen LogP contribution in [-0.2, 0) is 11.3 Å². The molecule has 1 saturated heterocycles. The van der Waals surface area contributed by atoms with Crippen LogP contribution < -0.4 is 10.6 Å². The predicted molar refractivity (Wildman–Crippen MR) is 115 cm³/mol. The van der Waals surface area contributed by atoms with E-state index in [2.05, 4.69) is 44.7 Å². The fraction of sp³-hybridized carbons (Fsp3) is 0.391. The highest BCUT2D eigenvalue weighted by molar-refractivity contribution is 5.97. The molecule has 0 atom stereocenters. The van der Waals surface area contributed by atoms with Crippen molar-refractivity contribution in [1.82, 2.24) is 20.4 Å². The first kappa shape index (κ1) is 21.0. The maximum atomic E-state index is 12.1. The molecule has 0 spiro atoms. The van der Waals surface area contributed by atoms with Crippen molar-refractivity contribution in [2.24, 2.45) is 0 Å². The Morgan fingerprint density at radius 3 is 2.24 bits per heavy atom. The first-order chi connectivity index (χ1) is 14.1. The van der Waals surface area contributed by atoms with Crippen molar-refractivity contribution < 1.29 is 9.59 Å². The smallest absolute Gasteiger partial charge is 0.251 e. The Kier molecular flexibility index (Phi) is 7.78. The maximum absolute atomic E-state index is 12.1. The van der Waals surface area contributed by atoms with Crippen LogP contribution in [0, 0.1) is 6.92 Å². The number of carbonyl (C=O) groups excluding carboxylic acids is 2.